The molecule has 150 valence electrons. The Kier molecular flexibility index (Phi) is 4.18. The van der Waals surface area contributed by atoms with Gasteiger partial charge in [-0.2, -0.15) is 0 Å². The quantitative estimate of drug-likeness (QED) is 0.690. The lowest BCUT2D eigenvalue weighted by atomic mass is 9.77. The number of fused-ring (bicyclic) bond motifs is 2. The lowest BCUT2D eigenvalue weighted by Gasteiger charge is -2.40. The average molecular weight is 390 g/mol. The molecule has 3 aliphatic rings. The number of aromatic nitrogens is 3. The highest BCUT2D eigenvalue weighted by Crippen LogP contribution is 2.44. The second-order valence-electron chi connectivity index (χ2n) is 8.57. The topological polar surface area (TPSA) is 72.1 Å². The van der Waals surface area contributed by atoms with Gasteiger partial charge in [0.2, 0.25) is 0 Å². The Balaban J connectivity index is 1.38. The van der Waals surface area contributed by atoms with Crippen molar-refractivity contribution in [1.29, 1.82) is 0 Å². The summed E-state index contributed by atoms with van der Waals surface area (Å²) in [6.07, 6.45) is 6.37. The molecule has 0 unspecified atom stereocenters. The molecule has 6 heteroatoms. The van der Waals surface area contributed by atoms with Gasteiger partial charge in [0, 0.05) is 30.4 Å². The largest absolute Gasteiger partial charge is 0.493 e. The Morgan fingerprint density at radius 3 is 2.76 bits per heavy atom. The summed E-state index contributed by atoms with van der Waals surface area (Å²) in [6.45, 7) is 2.42. The number of ether oxygens (including phenoxy) is 2. The number of hydrogen-bond donors (Lipinski definition) is 2. The number of hydrogen-bond acceptors (Lipinski definition) is 5. The highest BCUT2D eigenvalue weighted by molar-refractivity contribution is 5.88. The molecule has 2 atom stereocenters. The molecule has 1 aromatic carbocycles. The van der Waals surface area contributed by atoms with E-state index >= 15 is 0 Å². The van der Waals surface area contributed by atoms with Crippen molar-refractivity contribution in [3.8, 4) is 5.75 Å². The second-order valence-corrected chi connectivity index (χ2v) is 8.57. The van der Waals surface area contributed by atoms with Crippen molar-refractivity contribution < 1.29 is 9.47 Å². The SMILES string of the molecule is c1ccc2c(c1)OC[C@@H](C1CCOCC1)[C@H]2Nc1ncnc2[nH]c(C3CC3)cc12. The predicted molar refractivity (Wildman–Crippen MR) is 111 cm³/mol. The molecule has 1 saturated heterocycles. The minimum Gasteiger partial charge on any atom is -0.493 e. The fourth-order valence-electron chi connectivity index (χ4n) is 4.96. The fourth-order valence-corrected chi connectivity index (χ4v) is 4.96. The van der Waals surface area contributed by atoms with E-state index in [1.165, 1.54) is 24.1 Å². The Morgan fingerprint density at radius 2 is 1.90 bits per heavy atom. The standard InChI is InChI=1S/C23H26N4O2/c1-2-4-20-16(3-1)21(18(12-29-20)14-7-9-28-10-8-14)27-23-17-11-19(15-5-6-15)26-22(17)24-13-25-23/h1-4,11,13-15,18,21H,5-10,12H2,(H2,24,25,26,27)/t18-,21-/m0/s1. The fraction of sp³-hybridized carbons (Fsp3) is 0.478. The van der Waals surface area contributed by atoms with Gasteiger partial charge >= 0.3 is 0 Å². The summed E-state index contributed by atoms with van der Waals surface area (Å²) in [5.41, 5.74) is 3.43. The van der Waals surface area contributed by atoms with Crippen LogP contribution in [0, 0.1) is 11.8 Å². The number of benzene rings is 1. The molecule has 0 amide bonds. The minimum absolute atomic E-state index is 0.167. The third-order valence-electron chi connectivity index (χ3n) is 6.74. The molecule has 1 aliphatic carbocycles. The molecule has 6 nitrogen and oxygen atoms in total. The van der Waals surface area contributed by atoms with Crippen molar-refractivity contribution in [1.82, 2.24) is 15.0 Å². The molecule has 2 fully saturated rings. The van der Waals surface area contributed by atoms with Crippen LogP contribution in [0.15, 0.2) is 36.7 Å². The molecule has 2 N–H and O–H groups in total. The summed E-state index contributed by atoms with van der Waals surface area (Å²) in [7, 11) is 0. The van der Waals surface area contributed by atoms with E-state index < -0.39 is 0 Å². The normalized spacial score (nSPS) is 24.8. The van der Waals surface area contributed by atoms with Gasteiger partial charge < -0.3 is 19.8 Å². The van der Waals surface area contributed by atoms with Crippen LogP contribution >= 0.6 is 0 Å². The van der Waals surface area contributed by atoms with Crippen molar-refractivity contribution in [2.45, 2.75) is 37.6 Å². The summed E-state index contributed by atoms with van der Waals surface area (Å²) >= 11 is 0. The Labute approximate surface area is 170 Å². The molecule has 29 heavy (non-hydrogen) atoms. The van der Waals surface area contributed by atoms with Gasteiger partial charge in [0.15, 0.2) is 0 Å². The maximum atomic E-state index is 6.17. The molecular formula is C23H26N4O2. The van der Waals surface area contributed by atoms with Crippen molar-refractivity contribution >= 4 is 16.9 Å². The maximum absolute atomic E-state index is 6.17. The molecule has 4 heterocycles. The van der Waals surface area contributed by atoms with Crippen LogP contribution in [0.1, 0.15) is 48.9 Å². The van der Waals surface area contributed by atoms with Crippen LogP contribution in [0.4, 0.5) is 5.82 Å². The van der Waals surface area contributed by atoms with E-state index in [1.54, 1.807) is 6.33 Å². The van der Waals surface area contributed by atoms with Crippen molar-refractivity contribution in [2.24, 2.45) is 11.8 Å². The highest BCUT2D eigenvalue weighted by atomic mass is 16.5. The zero-order chi connectivity index (χ0) is 19.2. The third kappa shape index (κ3) is 3.15. The zero-order valence-electron chi connectivity index (χ0n) is 16.4. The first-order valence-corrected chi connectivity index (χ1v) is 10.8. The van der Waals surface area contributed by atoms with Gasteiger partial charge in [0.1, 0.15) is 23.5 Å². The lowest BCUT2D eigenvalue weighted by molar-refractivity contribution is 0.0264. The molecular weight excluding hydrogens is 364 g/mol. The van der Waals surface area contributed by atoms with Gasteiger partial charge in [-0.3, -0.25) is 0 Å². The monoisotopic (exact) mass is 390 g/mol. The number of H-pyrrole nitrogens is 1. The van der Waals surface area contributed by atoms with Crippen LogP contribution in [-0.4, -0.2) is 34.8 Å². The first kappa shape index (κ1) is 17.3. The second kappa shape index (κ2) is 7.02. The number of nitrogens with one attached hydrogen (secondary N) is 2. The Morgan fingerprint density at radius 1 is 1.03 bits per heavy atom. The number of rotatable bonds is 4. The van der Waals surface area contributed by atoms with E-state index in [2.05, 4.69) is 44.5 Å². The summed E-state index contributed by atoms with van der Waals surface area (Å²) in [6, 6.07) is 10.8. The predicted octanol–water partition coefficient (Wildman–Crippen LogP) is 4.42. The third-order valence-corrected chi connectivity index (χ3v) is 6.74. The molecule has 0 spiro atoms. The molecule has 3 aromatic rings. The van der Waals surface area contributed by atoms with Crippen molar-refractivity contribution in [3.63, 3.8) is 0 Å². The van der Waals surface area contributed by atoms with Gasteiger partial charge in [0.25, 0.3) is 0 Å². The summed E-state index contributed by atoms with van der Waals surface area (Å²) in [5, 5.41) is 4.90. The molecule has 2 aromatic heterocycles. The number of nitrogens with zero attached hydrogens (tertiary/aromatic N) is 2. The van der Waals surface area contributed by atoms with Crippen LogP contribution in [0.25, 0.3) is 11.0 Å². The van der Waals surface area contributed by atoms with Gasteiger partial charge in [0.05, 0.1) is 18.0 Å². The van der Waals surface area contributed by atoms with Gasteiger partial charge in [-0.25, -0.2) is 9.97 Å². The van der Waals surface area contributed by atoms with Crippen molar-refractivity contribution in [3.05, 3.63) is 47.9 Å². The maximum Gasteiger partial charge on any atom is 0.143 e. The van der Waals surface area contributed by atoms with E-state index in [4.69, 9.17) is 9.47 Å². The first-order valence-electron chi connectivity index (χ1n) is 10.8. The van der Waals surface area contributed by atoms with Crippen LogP contribution in [-0.2, 0) is 4.74 Å². The van der Waals surface area contributed by atoms with Gasteiger partial charge in [-0.15, -0.1) is 0 Å². The Bertz CT molecular complexity index is 1020. The van der Waals surface area contributed by atoms with Crippen LogP contribution in [0.3, 0.4) is 0 Å². The van der Waals surface area contributed by atoms with E-state index in [9.17, 15) is 0 Å². The van der Waals surface area contributed by atoms with E-state index in [1.807, 2.05) is 6.07 Å². The zero-order valence-corrected chi connectivity index (χ0v) is 16.4. The molecule has 6 rings (SSSR count). The number of anilines is 1. The van der Waals surface area contributed by atoms with Crippen LogP contribution in [0.2, 0.25) is 0 Å². The minimum atomic E-state index is 0.167. The molecule has 0 radical (unpaired) electrons. The Hall–Kier alpha value is -2.60. The highest BCUT2D eigenvalue weighted by Gasteiger charge is 2.37. The van der Waals surface area contributed by atoms with Crippen LogP contribution < -0.4 is 10.1 Å². The smallest absolute Gasteiger partial charge is 0.143 e. The first-order chi connectivity index (χ1) is 14.4. The number of para-hydroxylation sites is 1. The average Bonchev–Trinajstić information content (AvgIpc) is 3.53. The van der Waals surface area contributed by atoms with E-state index in [-0.39, 0.29) is 6.04 Å². The van der Waals surface area contributed by atoms with Gasteiger partial charge in [-0.05, 0) is 49.7 Å². The molecule has 0 bridgehead atoms. The molecule has 1 saturated carbocycles. The summed E-state index contributed by atoms with van der Waals surface area (Å²) in [5.74, 6) is 3.53. The summed E-state index contributed by atoms with van der Waals surface area (Å²) in [4.78, 5) is 12.6. The summed E-state index contributed by atoms with van der Waals surface area (Å²) < 4.78 is 11.8. The van der Waals surface area contributed by atoms with Gasteiger partial charge in [-0.1, -0.05) is 18.2 Å². The van der Waals surface area contributed by atoms with Crippen molar-refractivity contribution in [2.75, 3.05) is 25.1 Å². The lowest BCUT2D eigenvalue weighted by Crippen LogP contribution is -2.38. The number of aromatic amines is 1. The van der Waals surface area contributed by atoms with E-state index in [0.717, 1.165) is 55.3 Å². The van der Waals surface area contributed by atoms with E-state index in [0.29, 0.717) is 17.8 Å². The molecule has 2 aliphatic heterocycles. The van der Waals surface area contributed by atoms with Crippen LogP contribution in [0.5, 0.6) is 5.75 Å².